The molecule has 0 unspecified atom stereocenters. The topological polar surface area (TPSA) is 87.1 Å². The molecule has 2 aliphatic heterocycles. The lowest BCUT2D eigenvalue weighted by Gasteiger charge is -2.33. The van der Waals surface area contributed by atoms with E-state index in [2.05, 4.69) is 45.2 Å². The van der Waals surface area contributed by atoms with Crippen LogP contribution >= 0.6 is 23.4 Å². The van der Waals surface area contributed by atoms with Crippen LogP contribution in [0.5, 0.6) is 0 Å². The number of hydrogen-bond donors (Lipinski definition) is 1. The van der Waals surface area contributed by atoms with Crippen LogP contribution in [0.25, 0.3) is 11.0 Å². The van der Waals surface area contributed by atoms with Gasteiger partial charge in [-0.3, -0.25) is 9.36 Å². The number of aromatic amines is 1. The predicted octanol–water partition coefficient (Wildman–Crippen LogP) is 7.00. The molecule has 2 aliphatic rings. The summed E-state index contributed by atoms with van der Waals surface area (Å²) in [5, 5.41) is 1.12. The molecule has 0 spiro atoms. The number of nitrogens with one attached hydrogen (secondary N) is 1. The van der Waals surface area contributed by atoms with Crippen LogP contribution in [0.3, 0.4) is 0 Å². The van der Waals surface area contributed by atoms with Crippen molar-refractivity contribution in [3.05, 3.63) is 117 Å². The van der Waals surface area contributed by atoms with Gasteiger partial charge in [0.25, 0.3) is 5.91 Å². The van der Waals surface area contributed by atoms with Crippen LogP contribution in [-0.2, 0) is 12.2 Å². The molecule has 1 amide bonds. The van der Waals surface area contributed by atoms with Gasteiger partial charge in [-0.05, 0) is 73.4 Å². The first kappa shape index (κ1) is 30.6. The maximum Gasteiger partial charge on any atom is 0.326 e. The van der Waals surface area contributed by atoms with Gasteiger partial charge in [0.2, 0.25) is 0 Å². The number of amides is 1. The molecule has 236 valence electrons. The Labute approximate surface area is 277 Å². The minimum Gasteiger partial charge on any atom is -0.356 e. The minimum atomic E-state index is -0.0852. The fourth-order valence-electron chi connectivity index (χ4n) is 6.76. The van der Waals surface area contributed by atoms with Crippen molar-refractivity contribution in [2.75, 3.05) is 31.1 Å². The van der Waals surface area contributed by atoms with Crippen molar-refractivity contribution >= 4 is 46.1 Å². The van der Waals surface area contributed by atoms with Gasteiger partial charge in [0.15, 0.2) is 5.16 Å². The summed E-state index contributed by atoms with van der Waals surface area (Å²) in [6.07, 6.45) is 4.88. The molecule has 0 aliphatic carbocycles. The van der Waals surface area contributed by atoms with E-state index in [4.69, 9.17) is 16.6 Å². The number of likely N-dealkylation sites (tertiary alicyclic amines) is 1. The minimum absolute atomic E-state index is 0.0271. The van der Waals surface area contributed by atoms with Crippen molar-refractivity contribution in [3.63, 3.8) is 0 Å². The van der Waals surface area contributed by atoms with E-state index in [1.54, 1.807) is 11.8 Å². The number of H-pyrrole nitrogens is 1. The molecule has 0 radical (unpaired) electrons. The van der Waals surface area contributed by atoms with Crippen molar-refractivity contribution in [2.24, 2.45) is 5.92 Å². The van der Waals surface area contributed by atoms with Crippen LogP contribution in [0.2, 0.25) is 5.15 Å². The summed E-state index contributed by atoms with van der Waals surface area (Å²) in [7, 11) is 0. The lowest BCUT2D eigenvalue weighted by molar-refractivity contribution is 0.0695. The van der Waals surface area contributed by atoms with E-state index >= 15 is 0 Å². The molecular weight excluding hydrogens is 616 g/mol. The highest BCUT2D eigenvalue weighted by atomic mass is 35.5. The van der Waals surface area contributed by atoms with Gasteiger partial charge in [-0.15, -0.1) is 0 Å². The second-order valence-corrected chi connectivity index (χ2v) is 13.6. The molecule has 5 aromatic rings. The first-order chi connectivity index (χ1) is 22.5. The number of hydrogen-bond acceptors (Lipinski definition) is 6. The van der Waals surface area contributed by atoms with E-state index < -0.39 is 0 Å². The van der Waals surface area contributed by atoms with Crippen LogP contribution in [0.1, 0.15) is 53.2 Å². The summed E-state index contributed by atoms with van der Waals surface area (Å²) in [5.74, 6) is 2.28. The molecule has 1 N–H and O–H groups in total. The van der Waals surface area contributed by atoms with Gasteiger partial charge in [-0.1, -0.05) is 78.0 Å². The van der Waals surface area contributed by atoms with Crippen molar-refractivity contribution in [1.29, 1.82) is 0 Å². The Balaban J connectivity index is 0.914. The number of thioether (sulfide) groups is 1. The highest BCUT2D eigenvalue weighted by molar-refractivity contribution is 7.98. The molecule has 7 rings (SSSR count). The van der Waals surface area contributed by atoms with Gasteiger partial charge in [0, 0.05) is 49.6 Å². The highest BCUT2D eigenvalue weighted by Gasteiger charge is 2.27. The third-order valence-electron chi connectivity index (χ3n) is 9.28. The monoisotopic (exact) mass is 652 g/mol. The quantitative estimate of drug-likeness (QED) is 0.110. The van der Waals surface area contributed by atoms with Crippen molar-refractivity contribution in [1.82, 2.24) is 24.4 Å². The molecule has 0 atom stereocenters. The number of rotatable bonds is 8. The zero-order valence-electron chi connectivity index (χ0n) is 25.6. The summed E-state index contributed by atoms with van der Waals surface area (Å²) >= 11 is 7.99. The SMILES string of the molecule is O=C(c1ccc(CSc2nc(Cl)cc(N3CCC(Cc4ccccc4)CC3)n2)cc1)N1CCC(n2c(=O)[nH]c3ccccc32)CC1. The maximum absolute atomic E-state index is 13.3. The Morgan fingerprint density at radius 2 is 1.57 bits per heavy atom. The smallest absolute Gasteiger partial charge is 0.326 e. The third kappa shape index (κ3) is 6.86. The fourth-order valence-corrected chi connectivity index (χ4v) is 7.80. The summed E-state index contributed by atoms with van der Waals surface area (Å²) in [6.45, 7) is 3.16. The van der Waals surface area contributed by atoms with Gasteiger partial charge >= 0.3 is 5.69 Å². The Morgan fingerprint density at radius 3 is 2.33 bits per heavy atom. The molecule has 2 aromatic heterocycles. The normalized spacial score (nSPS) is 16.3. The number of piperidine rings is 2. The lowest BCUT2D eigenvalue weighted by atomic mass is 9.90. The molecule has 4 heterocycles. The van der Waals surface area contributed by atoms with Crippen LogP contribution in [-0.4, -0.2) is 56.5 Å². The number of anilines is 1. The number of carbonyl (C=O) groups is 1. The summed E-state index contributed by atoms with van der Waals surface area (Å²) in [4.78, 5) is 42.4. The Kier molecular flexibility index (Phi) is 9.12. The van der Waals surface area contributed by atoms with Crippen molar-refractivity contribution in [3.8, 4) is 0 Å². The Morgan fingerprint density at radius 1 is 0.848 bits per heavy atom. The molecule has 8 nitrogen and oxygen atoms in total. The average molecular weight is 653 g/mol. The number of aromatic nitrogens is 4. The van der Waals surface area contributed by atoms with Crippen LogP contribution < -0.4 is 10.6 Å². The zero-order valence-corrected chi connectivity index (χ0v) is 27.2. The van der Waals surface area contributed by atoms with E-state index in [9.17, 15) is 9.59 Å². The zero-order chi connectivity index (χ0) is 31.5. The summed E-state index contributed by atoms with van der Waals surface area (Å²) in [6, 6.07) is 28.2. The van der Waals surface area contributed by atoms with Gasteiger partial charge in [-0.25, -0.2) is 14.8 Å². The predicted molar refractivity (Wildman–Crippen MR) is 185 cm³/mol. The molecule has 2 saturated heterocycles. The largest absolute Gasteiger partial charge is 0.356 e. The number of benzene rings is 3. The third-order valence-corrected chi connectivity index (χ3v) is 10.4. The Bertz CT molecular complexity index is 1860. The van der Waals surface area contributed by atoms with Crippen molar-refractivity contribution in [2.45, 2.75) is 49.1 Å². The summed E-state index contributed by atoms with van der Waals surface area (Å²) in [5.41, 5.74) is 4.85. The van der Waals surface area contributed by atoms with E-state index in [0.29, 0.717) is 40.6 Å². The second-order valence-electron chi connectivity index (χ2n) is 12.3. The number of nitrogens with zero attached hydrogens (tertiary/aromatic N) is 5. The Hall–Kier alpha value is -4.08. The highest BCUT2D eigenvalue weighted by Crippen LogP contribution is 2.30. The van der Waals surface area contributed by atoms with Crippen molar-refractivity contribution < 1.29 is 4.79 Å². The molecule has 0 bridgehead atoms. The first-order valence-corrected chi connectivity index (χ1v) is 17.4. The fraction of sp³-hybridized carbons (Fsp3) is 0.333. The van der Waals surface area contributed by atoms with Crippen LogP contribution in [0, 0.1) is 5.92 Å². The van der Waals surface area contributed by atoms with Gasteiger partial charge in [0.05, 0.1) is 11.0 Å². The summed E-state index contributed by atoms with van der Waals surface area (Å²) < 4.78 is 1.85. The second kappa shape index (κ2) is 13.7. The van der Waals surface area contributed by atoms with E-state index in [0.717, 1.165) is 67.6 Å². The number of carbonyl (C=O) groups excluding carboxylic acids is 1. The van der Waals surface area contributed by atoms with Gasteiger partial charge in [-0.2, -0.15) is 0 Å². The number of imidazole rings is 1. The standard InChI is InChI=1S/C36H37ClN6O2S/c37-32-23-33(41-18-14-26(15-19-41)22-25-6-2-1-3-7-25)40-35(39-32)46-24-27-10-12-28(13-11-27)34(44)42-20-16-29(17-21-42)43-31-9-5-4-8-30(31)38-36(43)45/h1-13,23,26,29H,14-22,24H2,(H,38,45). The molecule has 46 heavy (non-hydrogen) atoms. The van der Waals surface area contributed by atoms with E-state index in [1.807, 2.05) is 64.1 Å². The van der Waals surface area contributed by atoms with Crippen LogP contribution in [0.4, 0.5) is 5.82 Å². The first-order valence-electron chi connectivity index (χ1n) is 16.0. The van der Waals surface area contributed by atoms with E-state index in [1.165, 1.54) is 5.56 Å². The molecule has 10 heteroatoms. The van der Waals surface area contributed by atoms with Gasteiger partial charge < -0.3 is 14.8 Å². The molecule has 3 aromatic carbocycles. The van der Waals surface area contributed by atoms with E-state index in [-0.39, 0.29) is 17.6 Å². The molecule has 0 saturated carbocycles. The number of fused-ring (bicyclic) bond motifs is 1. The lowest BCUT2D eigenvalue weighted by Crippen LogP contribution is -2.40. The van der Waals surface area contributed by atoms with Gasteiger partial charge in [0.1, 0.15) is 11.0 Å². The maximum atomic E-state index is 13.3. The van der Waals surface area contributed by atoms with Crippen LogP contribution in [0.15, 0.2) is 94.9 Å². The molecule has 2 fully saturated rings. The number of para-hydroxylation sites is 2. The number of halogens is 1. The molecular formula is C36H37ClN6O2S. The average Bonchev–Trinajstić information content (AvgIpc) is 3.43.